The lowest BCUT2D eigenvalue weighted by atomic mass is 10.1. The Balaban J connectivity index is 0.00000312. The van der Waals surface area contributed by atoms with E-state index in [2.05, 4.69) is 17.1 Å². The van der Waals surface area contributed by atoms with E-state index in [1.807, 2.05) is 55.6 Å². The molecule has 0 saturated carbocycles. The molecular weight excluding hydrogens is 338 g/mol. The number of nitrogens with zero attached hydrogens (tertiary/aromatic N) is 1. The molecule has 6 heteroatoms. The van der Waals surface area contributed by atoms with Crippen LogP contribution in [0, 0.1) is 0 Å². The average molecular weight is 364 g/mol. The van der Waals surface area contributed by atoms with Crippen molar-refractivity contribution < 1.29 is 9.53 Å². The fourth-order valence-corrected chi connectivity index (χ4v) is 2.35. The molecule has 0 unspecified atom stereocenters. The predicted octanol–water partition coefficient (Wildman–Crippen LogP) is 3.54. The van der Waals surface area contributed by atoms with E-state index in [1.54, 1.807) is 0 Å². The van der Waals surface area contributed by atoms with Crippen LogP contribution in [0.4, 0.5) is 11.4 Å². The highest BCUT2D eigenvalue weighted by atomic mass is 35.5. The smallest absolute Gasteiger partial charge is 0.255 e. The van der Waals surface area contributed by atoms with Crippen molar-refractivity contribution in [2.45, 2.75) is 13.3 Å². The molecule has 0 atom stereocenters. The number of halogens is 1. The zero-order chi connectivity index (χ0) is 17.4. The van der Waals surface area contributed by atoms with Gasteiger partial charge < -0.3 is 20.7 Å². The largest absolute Gasteiger partial charge is 0.492 e. The summed E-state index contributed by atoms with van der Waals surface area (Å²) in [4.78, 5) is 14.5. The first kappa shape index (κ1) is 20.8. The van der Waals surface area contributed by atoms with Gasteiger partial charge in [0.25, 0.3) is 5.91 Å². The minimum absolute atomic E-state index is 0. The van der Waals surface area contributed by atoms with Crippen molar-refractivity contribution in [3.8, 4) is 5.75 Å². The number of ether oxygens (including phenoxy) is 1. The lowest BCUT2D eigenvalue weighted by Gasteiger charge is -2.18. The second-order valence-electron chi connectivity index (χ2n) is 5.58. The summed E-state index contributed by atoms with van der Waals surface area (Å²) in [7, 11) is 2.05. The molecular formula is C19H26ClN3O2. The maximum absolute atomic E-state index is 12.3. The maximum Gasteiger partial charge on any atom is 0.255 e. The van der Waals surface area contributed by atoms with Crippen LogP contribution in [0.2, 0.25) is 0 Å². The molecule has 2 aromatic carbocycles. The van der Waals surface area contributed by atoms with Gasteiger partial charge in [0, 0.05) is 37.1 Å². The number of benzene rings is 2. The lowest BCUT2D eigenvalue weighted by molar-refractivity contribution is 0.102. The first-order valence-electron chi connectivity index (χ1n) is 8.19. The van der Waals surface area contributed by atoms with Gasteiger partial charge in [-0.1, -0.05) is 6.92 Å². The Morgan fingerprint density at radius 3 is 2.32 bits per heavy atom. The normalized spacial score (nSPS) is 9.88. The SMILES string of the molecule is CCCN(C)c1ccc(C(=O)Nc2ccc(OCCN)cc2)cc1.Cl. The van der Waals surface area contributed by atoms with Gasteiger partial charge in [-0.05, 0) is 55.0 Å². The van der Waals surface area contributed by atoms with Crippen LogP contribution in [0.5, 0.6) is 5.75 Å². The van der Waals surface area contributed by atoms with Crippen molar-refractivity contribution in [3.05, 3.63) is 54.1 Å². The third-order valence-electron chi connectivity index (χ3n) is 3.63. The molecule has 1 amide bonds. The number of carbonyl (C=O) groups is 1. The number of anilines is 2. The molecule has 2 rings (SSSR count). The Hall–Kier alpha value is -2.24. The summed E-state index contributed by atoms with van der Waals surface area (Å²) >= 11 is 0. The minimum Gasteiger partial charge on any atom is -0.492 e. The Morgan fingerprint density at radius 1 is 1.12 bits per heavy atom. The van der Waals surface area contributed by atoms with E-state index in [4.69, 9.17) is 10.5 Å². The number of rotatable bonds is 8. The summed E-state index contributed by atoms with van der Waals surface area (Å²) in [5, 5.41) is 2.88. The van der Waals surface area contributed by atoms with Crippen LogP contribution in [0.1, 0.15) is 23.7 Å². The van der Waals surface area contributed by atoms with Gasteiger partial charge in [-0.2, -0.15) is 0 Å². The number of hydrogen-bond acceptors (Lipinski definition) is 4. The average Bonchev–Trinajstić information content (AvgIpc) is 2.61. The summed E-state index contributed by atoms with van der Waals surface area (Å²) in [6, 6.07) is 14.9. The molecule has 0 aromatic heterocycles. The van der Waals surface area contributed by atoms with Gasteiger partial charge in [0.1, 0.15) is 12.4 Å². The quantitative estimate of drug-likeness (QED) is 0.752. The van der Waals surface area contributed by atoms with Crippen molar-refractivity contribution in [3.63, 3.8) is 0 Å². The third kappa shape index (κ3) is 6.29. The van der Waals surface area contributed by atoms with Gasteiger partial charge >= 0.3 is 0 Å². The fourth-order valence-electron chi connectivity index (χ4n) is 2.35. The highest BCUT2D eigenvalue weighted by molar-refractivity contribution is 6.04. The number of hydrogen-bond donors (Lipinski definition) is 2. The number of carbonyl (C=O) groups excluding carboxylic acids is 1. The van der Waals surface area contributed by atoms with Crippen molar-refractivity contribution in [1.82, 2.24) is 0 Å². The summed E-state index contributed by atoms with van der Waals surface area (Å²) in [5.41, 5.74) is 7.86. The van der Waals surface area contributed by atoms with E-state index in [1.165, 1.54) is 0 Å². The standard InChI is InChI=1S/C19H25N3O2.ClH/c1-3-13-22(2)17-8-4-15(5-9-17)19(23)21-16-6-10-18(11-7-16)24-14-12-20;/h4-11H,3,12-14,20H2,1-2H3,(H,21,23);1H. The maximum atomic E-state index is 12.3. The molecule has 0 aliphatic carbocycles. The summed E-state index contributed by atoms with van der Waals surface area (Å²) < 4.78 is 5.41. The van der Waals surface area contributed by atoms with Crippen LogP contribution in [0.15, 0.2) is 48.5 Å². The van der Waals surface area contributed by atoms with E-state index < -0.39 is 0 Å². The summed E-state index contributed by atoms with van der Waals surface area (Å²) in [6.07, 6.45) is 1.09. The van der Waals surface area contributed by atoms with Crippen molar-refractivity contribution >= 4 is 29.7 Å². The van der Waals surface area contributed by atoms with Crippen LogP contribution >= 0.6 is 12.4 Å². The fraction of sp³-hybridized carbons (Fsp3) is 0.316. The van der Waals surface area contributed by atoms with E-state index >= 15 is 0 Å². The molecule has 0 heterocycles. The highest BCUT2D eigenvalue weighted by Gasteiger charge is 2.07. The Morgan fingerprint density at radius 2 is 1.76 bits per heavy atom. The molecule has 5 nitrogen and oxygen atoms in total. The molecule has 0 bridgehead atoms. The van der Waals surface area contributed by atoms with Gasteiger partial charge in [-0.3, -0.25) is 4.79 Å². The molecule has 0 radical (unpaired) electrons. The molecule has 0 aliphatic rings. The van der Waals surface area contributed by atoms with Crippen LogP contribution in [-0.4, -0.2) is 32.7 Å². The topological polar surface area (TPSA) is 67.6 Å². The van der Waals surface area contributed by atoms with E-state index in [9.17, 15) is 4.79 Å². The minimum atomic E-state index is -0.129. The van der Waals surface area contributed by atoms with Gasteiger partial charge in [-0.15, -0.1) is 12.4 Å². The molecule has 136 valence electrons. The molecule has 2 aromatic rings. The molecule has 0 saturated heterocycles. The van der Waals surface area contributed by atoms with E-state index in [-0.39, 0.29) is 18.3 Å². The van der Waals surface area contributed by atoms with E-state index in [0.29, 0.717) is 18.7 Å². The Kier molecular flexibility index (Phi) is 8.81. The van der Waals surface area contributed by atoms with Crippen LogP contribution in [0.3, 0.4) is 0 Å². The second kappa shape index (κ2) is 10.6. The molecule has 3 N–H and O–H groups in total. The van der Waals surface area contributed by atoms with Crippen molar-refractivity contribution in [1.29, 1.82) is 0 Å². The molecule has 0 aliphatic heterocycles. The van der Waals surface area contributed by atoms with Gasteiger partial charge in [0.2, 0.25) is 0 Å². The van der Waals surface area contributed by atoms with E-state index in [0.717, 1.165) is 30.1 Å². The van der Waals surface area contributed by atoms with Crippen LogP contribution in [-0.2, 0) is 0 Å². The molecule has 0 spiro atoms. The van der Waals surface area contributed by atoms with Crippen LogP contribution in [0.25, 0.3) is 0 Å². The van der Waals surface area contributed by atoms with Gasteiger partial charge in [-0.25, -0.2) is 0 Å². The monoisotopic (exact) mass is 363 g/mol. The zero-order valence-corrected chi connectivity index (χ0v) is 15.5. The molecule has 25 heavy (non-hydrogen) atoms. The first-order chi connectivity index (χ1) is 11.6. The van der Waals surface area contributed by atoms with Crippen molar-refractivity contribution in [2.75, 3.05) is 37.0 Å². The number of nitrogens with one attached hydrogen (secondary N) is 1. The first-order valence-corrected chi connectivity index (χ1v) is 8.19. The second-order valence-corrected chi connectivity index (χ2v) is 5.58. The zero-order valence-electron chi connectivity index (χ0n) is 14.7. The highest BCUT2D eigenvalue weighted by Crippen LogP contribution is 2.18. The predicted molar refractivity (Wildman–Crippen MR) is 106 cm³/mol. The summed E-state index contributed by atoms with van der Waals surface area (Å²) in [6.45, 7) is 4.08. The number of nitrogens with two attached hydrogens (primary N) is 1. The van der Waals surface area contributed by atoms with Gasteiger partial charge in [0.15, 0.2) is 0 Å². The summed E-state index contributed by atoms with van der Waals surface area (Å²) in [5.74, 6) is 0.608. The Labute approximate surface area is 155 Å². The van der Waals surface area contributed by atoms with Crippen molar-refractivity contribution in [2.24, 2.45) is 5.73 Å². The van der Waals surface area contributed by atoms with Crippen LogP contribution < -0.4 is 20.7 Å². The number of amides is 1. The lowest BCUT2D eigenvalue weighted by Crippen LogP contribution is -2.18. The molecule has 0 fully saturated rings. The van der Waals surface area contributed by atoms with Gasteiger partial charge in [0.05, 0.1) is 0 Å². The third-order valence-corrected chi connectivity index (χ3v) is 3.63. The Bertz CT molecular complexity index is 645.